The molecule has 0 saturated heterocycles. The second-order valence-electron chi connectivity index (χ2n) is 5.63. The molecule has 128 valence electrons. The zero-order valence-corrected chi connectivity index (χ0v) is 15.7. The summed E-state index contributed by atoms with van der Waals surface area (Å²) in [6, 6.07) is 13.5. The molecule has 2 aromatic carbocycles. The standard InChI is InChI=1S/C19H23BrN2O2/c1-3-10-21-12-15-11-16(20)6-9-18(15)24-13-19(23)22-17-7-4-14(2)5-8-17/h4-9,11,21H,3,10,12-13H2,1-2H3,(H,22,23). The minimum Gasteiger partial charge on any atom is -0.483 e. The van der Waals surface area contributed by atoms with E-state index in [9.17, 15) is 4.79 Å². The van der Waals surface area contributed by atoms with Crippen molar-refractivity contribution >= 4 is 27.5 Å². The fourth-order valence-corrected chi connectivity index (χ4v) is 2.61. The number of carbonyl (C=O) groups is 1. The van der Waals surface area contributed by atoms with Crippen molar-refractivity contribution in [3.63, 3.8) is 0 Å². The van der Waals surface area contributed by atoms with E-state index in [2.05, 4.69) is 33.5 Å². The molecule has 4 nitrogen and oxygen atoms in total. The van der Waals surface area contributed by atoms with Gasteiger partial charge >= 0.3 is 0 Å². The number of hydrogen-bond donors (Lipinski definition) is 2. The van der Waals surface area contributed by atoms with Gasteiger partial charge in [0.2, 0.25) is 0 Å². The van der Waals surface area contributed by atoms with E-state index in [1.165, 1.54) is 0 Å². The number of nitrogens with one attached hydrogen (secondary N) is 2. The lowest BCUT2D eigenvalue weighted by molar-refractivity contribution is -0.118. The van der Waals surface area contributed by atoms with Gasteiger partial charge in [0, 0.05) is 22.3 Å². The molecule has 2 aromatic rings. The molecule has 0 fully saturated rings. The van der Waals surface area contributed by atoms with Crippen LogP contribution in [0, 0.1) is 6.92 Å². The Morgan fingerprint density at radius 2 is 1.92 bits per heavy atom. The predicted molar refractivity (Wildman–Crippen MR) is 101 cm³/mol. The average Bonchev–Trinajstić information content (AvgIpc) is 2.56. The third kappa shape index (κ3) is 5.98. The van der Waals surface area contributed by atoms with Gasteiger partial charge in [-0.05, 0) is 50.2 Å². The number of hydrogen-bond acceptors (Lipinski definition) is 3. The van der Waals surface area contributed by atoms with Gasteiger partial charge < -0.3 is 15.4 Å². The van der Waals surface area contributed by atoms with Gasteiger partial charge in [0.1, 0.15) is 5.75 Å². The van der Waals surface area contributed by atoms with Gasteiger partial charge in [0.25, 0.3) is 5.91 Å². The molecule has 0 aliphatic rings. The Morgan fingerprint density at radius 1 is 1.17 bits per heavy atom. The number of halogens is 1. The molecular formula is C19H23BrN2O2. The monoisotopic (exact) mass is 390 g/mol. The van der Waals surface area contributed by atoms with E-state index in [4.69, 9.17) is 4.74 Å². The summed E-state index contributed by atoms with van der Waals surface area (Å²) in [5.41, 5.74) is 2.96. The molecule has 1 amide bonds. The Bertz CT molecular complexity index is 672. The number of benzene rings is 2. The maximum atomic E-state index is 12.0. The van der Waals surface area contributed by atoms with Crippen molar-refractivity contribution in [3.05, 3.63) is 58.1 Å². The Morgan fingerprint density at radius 3 is 2.62 bits per heavy atom. The molecule has 2 rings (SSSR count). The van der Waals surface area contributed by atoms with Gasteiger partial charge in [-0.2, -0.15) is 0 Å². The van der Waals surface area contributed by atoms with Gasteiger partial charge in [-0.15, -0.1) is 0 Å². The third-order valence-electron chi connectivity index (χ3n) is 3.46. The molecule has 0 bridgehead atoms. The second-order valence-corrected chi connectivity index (χ2v) is 6.55. The number of amides is 1. The Kier molecular flexibility index (Phi) is 7.28. The van der Waals surface area contributed by atoms with Crippen LogP contribution < -0.4 is 15.4 Å². The van der Waals surface area contributed by atoms with Crippen molar-refractivity contribution in [3.8, 4) is 5.75 Å². The number of aryl methyl sites for hydroxylation is 1. The molecule has 5 heteroatoms. The fourth-order valence-electron chi connectivity index (χ4n) is 2.20. The van der Waals surface area contributed by atoms with E-state index in [0.29, 0.717) is 6.54 Å². The van der Waals surface area contributed by atoms with Crippen molar-refractivity contribution in [1.29, 1.82) is 0 Å². The molecule has 2 N–H and O–H groups in total. The summed E-state index contributed by atoms with van der Waals surface area (Å²) in [7, 11) is 0. The molecule has 0 heterocycles. The number of ether oxygens (including phenoxy) is 1. The smallest absolute Gasteiger partial charge is 0.262 e. The van der Waals surface area contributed by atoms with E-state index >= 15 is 0 Å². The van der Waals surface area contributed by atoms with Gasteiger partial charge in [-0.1, -0.05) is 40.5 Å². The van der Waals surface area contributed by atoms with Crippen molar-refractivity contribution < 1.29 is 9.53 Å². The lowest BCUT2D eigenvalue weighted by atomic mass is 10.2. The van der Waals surface area contributed by atoms with Gasteiger partial charge in [0.15, 0.2) is 6.61 Å². The zero-order chi connectivity index (χ0) is 17.4. The van der Waals surface area contributed by atoms with Crippen LogP contribution >= 0.6 is 15.9 Å². The van der Waals surface area contributed by atoms with Crippen molar-refractivity contribution in [2.75, 3.05) is 18.5 Å². The molecule has 0 aromatic heterocycles. The average molecular weight is 391 g/mol. The first-order chi connectivity index (χ1) is 11.6. The van der Waals surface area contributed by atoms with Crippen LogP contribution in [0.5, 0.6) is 5.75 Å². The highest BCUT2D eigenvalue weighted by atomic mass is 79.9. The highest BCUT2D eigenvalue weighted by Gasteiger charge is 2.08. The predicted octanol–water partition coefficient (Wildman–Crippen LogP) is 4.27. The lowest BCUT2D eigenvalue weighted by Crippen LogP contribution is -2.21. The van der Waals surface area contributed by atoms with Crippen LogP contribution in [-0.2, 0) is 11.3 Å². The summed E-state index contributed by atoms with van der Waals surface area (Å²) in [5.74, 6) is 0.551. The van der Waals surface area contributed by atoms with E-state index in [-0.39, 0.29) is 12.5 Å². The Hall–Kier alpha value is -1.85. The first-order valence-corrected chi connectivity index (χ1v) is 8.86. The minimum atomic E-state index is -0.172. The summed E-state index contributed by atoms with van der Waals surface area (Å²) in [6.07, 6.45) is 1.07. The SMILES string of the molecule is CCCNCc1cc(Br)ccc1OCC(=O)Nc1ccc(C)cc1. The summed E-state index contributed by atoms with van der Waals surface area (Å²) in [5, 5.41) is 6.18. The summed E-state index contributed by atoms with van der Waals surface area (Å²) >= 11 is 3.47. The number of rotatable bonds is 8. The first kappa shape index (κ1) is 18.5. The minimum absolute atomic E-state index is 0.0176. The van der Waals surface area contributed by atoms with Crippen LogP contribution in [0.1, 0.15) is 24.5 Å². The van der Waals surface area contributed by atoms with Crippen LogP contribution in [-0.4, -0.2) is 19.1 Å². The van der Waals surface area contributed by atoms with Crippen LogP contribution in [0.2, 0.25) is 0 Å². The molecule has 0 spiro atoms. The van der Waals surface area contributed by atoms with E-state index in [1.807, 2.05) is 49.4 Å². The Labute approximate surface area is 151 Å². The highest BCUT2D eigenvalue weighted by molar-refractivity contribution is 9.10. The molecule has 0 atom stereocenters. The lowest BCUT2D eigenvalue weighted by Gasteiger charge is -2.13. The first-order valence-electron chi connectivity index (χ1n) is 8.07. The topological polar surface area (TPSA) is 50.4 Å². The Balaban J connectivity index is 1.92. The summed E-state index contributed by atoms with van der Waals surface area (Å²) in [4.78, 5) is 12.0. The zero-order valence-electron chi connectivity index (χ0n) is 14.1. The quantitative estimate of drug-likeness (QED) is 0.661. The number of carbonyl (C=O) groups excluding carboxylic acids is 1. The fraction of sp³-hybridized carbons (Fsp3) is 0.316. The second kappa shape index (κ2) is 9.45. The molecule has 0 aliphatic heterocycles. The van der Waals surface area contributed by atoms with Crippen molar-refractivity contribution in [2.24, 2.45) is 0 Å². The van der Waals surface area contributed by atoms with Crippen LogP contribution in [0.15, 0.2) is 46.9 Å². The molecule has 0 saturated carbocycles. The van der Waals surface area contributed by atoms with E-state index < -0.39 is 0 Å². The van der Waals surface area contributed by atoms with Crippen LogP contribution in [0.4, 0.5) is 5.69 Å². The van der Waals surface area contributed by atoms with Crippen molar-refractivity contribution in [1.82, 2.24) is 5.32 Å². The molecule has 0 radical (unpaired) electrons. The maximum absolute atomic E-state index is 12.0. The van der Waals surface area contributed by atoms with Gasteiger partial charge in [-0.25, -0.2) is 0 Å². The summed E-state index contributed by atoms with van der Waals surface area (Å²) < 4.78 is 6.70. The molecular weight excluding hydrogens is 368 g/mol. The van der Waals surface area contributed by atoms with Gasteiger partial charge in [0.05, 0.1) is 0 Å². The van der Waals surface area contributed by atoms with E-state index in [0.717, 1.165) is 40.0 Å². The van der Waals surface area contributed by atoms with Gasteiger partial charge in [-0.3, -0.25) is 4.79 Å². The third-order valence-corrected chi connectivity index (χ3v) is 3.95. The maximum Gasteiger partial charge on any atom is 0.262 e. The summed E-state index contributed by atoms with van der Waals surface area (Å²) in [6.45, 7) is 5.77. The number of anilines is 1. The molecule has 0 unspecified atom stereocenters. The normalized spacial score (nSPS) is 10.5. The van der Waals surface area contributed by atoms with Crippen molar-refractivity contribution in [2.45, 2.75) is 26.8 Å². The van der Waals surface area contributed by atoms with E-state index in [1.54, 1.807) is 0 Å². The van der Waals surface area contributed by atoms with Crippen LogP contribution in [0.25, 0.3) is 0 Å². The molecule has 0 aliphatic carbocycles. The molecule has 24 heavy (non-hydrogen) atoms. The highest BCUT2D eigenvalue weighted by Crippen LogP contribution is 2.23. The van der Waals surface area contributed by atoms with Crippen LogP contribution in [0.3, 0.4) is 0 Å². The largest absolute Gasteiger partial charge is 0.483 e.